The molecule has 0 saturated heterocycles. The van der Waals surface area contributed by atoms with Crippen molar-refractivity contribution in [1.29, 1.82) is 0 Å². The first-order valence-electron chi connectivity index (χ1n) is 10.9. The van der Waals surface area contributed by atoms with Gasteiger partial charge in [0, 0.05) is 27.3 Å². The zero-order valence-corrected chi connectivity index (χ0v) is 19.6. The SMILES string of the molecule is COCCN(CCOC)C1=C(c2ccc(C)cc2)C(=O)N(c2ccc(C(C)C)cc2)C1=O. The highest BCUT2D eigenvalue weighted by Crippen LogP contribution is 2.35. The number of ether oxygens (including phenoxy) is 2. The first-order chi connectivity index (χ1) is 15.4. The highest BCUT2D eigenvalue weighted by Gasteiger charge is 2.42. The molecule has 3 rings (SSSR count). The lowest BCUT2D eigenvalue weighted by Crippen LogP contribution is -2.37. The number of hydrogen-bond donors (Lipinski definition) is 0. The fourth-order valence-electron chi connectivity index (χ4n) is 3.77. The van der Waals surface area contributed by atoms with Crippen LogP contribution in [-0.2, 0) is 19.1 Å². The van der Waals surface area contributed by atoms with Crippen LogP contribution in [0, 0.1) is 6.92 Å². The van der Waals surface area contributed by atoms with Crippen LogP contribution in [0.3, 0.4) is 0 Å². The van der Waals surface area contributed by atoms with Crippen LogP contribution in [0.2, 0.25) is 0 Å². The maximum Gasteiger partial charge on any atom is 0.282 e. The summed E-state index contributed by atoms with van der Waals surface area (Å²) in [5.74, 6) is -0.273. The molecule has 1 heterocycles. The fourth-order valence-corrected chi connectivity index (χ4v) is 3.77. The minimum atomic E-state index is -0.324. The third-order valence-electron chi connectivity index (χ3n) is 5.66. The second-order valence-electron chi connectivity index (χ2n) is 8.25. The molecular weight excluding hydrogens is 404 g/mol. The van der Waals surface area contributed by atoms with E-state index in [0.717, 1.165) is 16.7 Å². The van der Waals surface area contributed by atoms with Gasteiger partial charge < -0.3 is 14.4 Å². The Labute approximate surface area is 190 Å². The van der Waals surface area contributed by atoms with Crippen LogP contribution in [0.15, 0.2) is 54.2 Å². The van der Waals surface area contributed by atoms with Gasteiger partial charge in [-0.2, -0.15) is 0 Å². The summed E-state index contributed by atoms with van der Waals surface area (Å²) in [6, 6.07) is 15.3. The van der Waals surface area contributed by atoms with E-state index in [0.29, 0.717) is 49.2 Å². The van der Waals surface area contributed by atoms with Crippen molar-refractivity contribution in [3.05, 3.63) is 70.9 Å². The smallest absolute Gasteiger partial charge is 0.282 e. The predicted molar refractivity (Wildman–Crippen MR) is 126 cm³/mol. The van der Waals surface area contributed by atoms with Crippen molar-refractivity contribution in [3.8, 4) is 0 Å². The van der Waals surface area contributed by atoms with E-state index in [2.05, 4.69) is 13.8 Å². The van der Waals surface area contributed by atoms with Crippen LogP contribution in [0.5, 0.6) is 0 Å². The number of nitrogens with zero attached hydrogens (tertiary/aromatic N) is 2. The number of carbonyl (C=O) groups is 2. The Hall–Kier alpha value is -2.96. The molecule has 1 aliphatic heterocycles. The molecule has 170 valence electrons. The molecule has 0 atom stereocenters. The first-order valence-corrected chi connectivity index (χ1v) is 10.9. The Morgan fingerprint density at radius 2 is 1.41 bits per heavy atom. The average Bonchev–Trinajstić information content (AvgIpc) is 3.04. The molecule has 0 aliphatic carbocycles. The molecule has 32 heavy (non-hydrogen) atoms. The molecule has 6 heteroatoms. The zero-order valence-electron chi connectivity index (χ0n) is 19.6. The van der Waals surface area contributed by atoms with Crippen molar-refractivity contribution < 1.29 is 19.1 Å². The zero-order chi connectivity index (χ0) is 23.3. The second kappa shape index (κ2) is 10.6. The van der Waals surface area contributed by atoms with Gasteiger partial charge in [0.1, 0.15) is 5.70 Å². The molecule has 6 nitrogen and oxygen atoms in total. The standard InChI is InChI=1S/C26H32N2O4/c1-18(2)20-10-12-22(13-11-20)28-25(29)23(21-8-6-19(3)7-9-21)24(26(28)30)27(14-16-31-4)15-17-32-5/h6-13,18H,14-17H2,1-5H3. The number of carbonyl (C=O) groups excluding carboxylic acids is 2. The predicted octanol–water partition coefficient (Wildman–Crippen LogP) is 4.00. The molecule has 0 spiro atoms. The van der Waals surface area contributed by atoms with E-state index >= 15 is 0 Å². The molecule has 0 radical (unpaired) electrons. The van der Waals surface area contributed by atoms with Gasteiger partial charge in [-0.25, -0.2) is 4.90 Å². The van der Waals surface area contributed by atoms with E-state index in [1.807, 2.05) is 60.4 Å². The highest BCUT2D eigenvalue weighted by atomic mass is 16.5. The molecule has 0 fully saturated rings. The number of aryl methyl sites for hydroxylation is 1. The van der Waals surface area contributed by atoms with Gasteiger partial charge in [0.25, 0.3) is 11.8 Å². The number of rotatable bonds is 10. The molecule has 2 amide bonds. The first kappa shape index (κ1) is 23.7. The minimum Gasteiger partial charge on any atom is -0.383 e. The van der Waals surface area contributed by atoms with Crippen molar-refractivity contribution >= 4 is 23.1 Å². The van der Waals surface area contributed by atoms with E-state index < -0.39 is 0 Å². The van der Waals surface area contributed by atoms with Crippen molar-refractivity contribution in [2.24, 2.45) is 0 Å². The average molecular weight is 437 g/mol. The molecule has 0 saturated carbocycles. The van der Waals surface area contributed by atoms with Crippen LogP contribution in [0.25, 0.3) is 5.57 Å². The van der Waals surface area contributed by atoms with Crippen LogP contribution < -0.4 is 4.90 Å². The quantitative estimate of drug-likeness (QED) is 0.527. The second-order valence-corrected chi connectivity index (χ2v) is 8.25. The molecule has 0 unspecified atom stereocenters. The number of anilines is 1. The van der Waals surface area contributed by atoms with Crippen molar-refractivity contribution in [2.75, 3.05) is 45.4 Å². The maximum atomic E-state index is 13.7. The Morgan fingerprint density at radius 3 is 1.91 bits per heavy atom. The molecular formula is C26H32N2O4. The highest BCUT2D eigenvalue weighted by molar-refractivity contribution is 6.45. The van der Waals surface area contributed by atoms with E-state index in [-0.39, 0.29) is 11.8 Å². The Bertz CT molecular complexity index is 970. The van der Waals surface area contributed by atoms with E-state index in [9.17, 15) is 9.59 Å². The van der Waals surface area contributed by atoms with Gasteiger partial charge in [-0.1, -0.05) is 55.8 Å². The fraction of sp³-hybridized carbons (Fsp3) is 0.385. The van der Waals surface area contributed by atoms with Gasteiger partial charge >= 0.3 is 0 Å². The van der Waals surface area contributed by atoms with Crippen LogP contribution in [-0.4, -0.2) is 57.2 Å². The summed E-state index contributed by atoms with van der Waals surface area (Å²) in [6.45, 7) is 8.03. The third-order valence-corrected chi connectivity index (χ3v) is 5.66. The van der Waals surface area contributed by atoms with Crippen LogP contribution >= 0.6 is 0 Å². The van der Waals surface area contributed by atoms with Crippen molar-refractivity contribution in [1.82, 2.24) is 4.90 Å². The van der Waals surface area contributed by atoms with Gasteiger partial charge in [0.15, 0.2) is 0 Å². The van der Waals surface area contributed by atoms with Crippen molar-refractivity contribution in [3.63, 3.8) is 0 Å². The summed E-state index contributed by atoms with van der Waals surface area (Å²) in [6.07, 6.45) is 0. The van der Waals surface area contributed by atoms with E-state index in [1.54, 1.807) is 14.2 Å². The number of hydrogen-bond acceptors (Lipinski definition) is 5. The summed E-state index contributed by atoms with van der Waals surface area (Å²) < 4.78 is 10.5. The summed E-state index contributed by atoms with van der Waals surface area (Å²) in [4.78, 5) is 30.5. The molecule has 2 aromatic carbocycles. The number of amides is 2. The molecule has 1 aliphatic rings. The monoisotopic (exact) mass is 436 g/mol. The molecule has 0 N–H and O–H groups in total. The summed E-state index contributed by atoms with van der Waals surface area (Å²) in [5.41, 5.74) is 4.34. The Morgan fingerprint density at radius 1 is 0.844 bits per heavy atom. The summed E-state index contributed by atoms with van der Waals surface area (Å²) in [5, 5.41) is 0. The summed E-state index contributed by atoms with van der Waals surface area (Å²) in [7, 11) is 3.24. The number of imide groups is 1. The van der Waals surface area contributed by atoms with E-state index in [1.165, 1.54) is 4.90 Å². The van der Waals surface area contributed by atoms with Gasteiger partial charge in [0.05, 0.1) is 24.5 Å². The lowest BCUT2D eigenvalue weighted by Gasteiger charge is -2.25. The van der Waals surface area contributed by atoms with Crippen LogP contribution in [0.4, 0.5) is 5.69 Å². The van der Waals surface area contributed by atoms with Crippen LogP contribution in [0.1, 0.15) is 36.5 Å². The van der Waals surface area contributed by atoms with Gasteiger partial charge in [-0.3, -0.25) is 9.59 Å². The lowest BCUT2D eigenvalue weighted by atomic mass is 10.0. The summed E-state index contributed by atoms with van der Waals surface area (Å²) >= 11 is 0. The van der Waals surface area contributed by atoms with E-state index in [4.69, 9.17) is 9.47 Å². The van der Waals surface area contributed by atoms with Gasteiger partial charge in [-0.05, 0) is 36.1 Å². The van der Waals surface area contributed by atoms with Crippen molar-refractivity contribution in [2.45, 2.75) is 26.7 Å². The normalized spacial score (nSPS) is 14.1. The Balaban J connectivity index is 2.08. The van der Waals surface area contributed by atoms with Gasteiger partial charge in [0.2, 0.25) is 0 Å². The topological polar surface area (TPSA) is 59.1 Å². The lowest BCUT2D eigenvalue weighted by molar-refractivity contribution is -0.120. The molecule has 2 aromatic rings. The molecule has 0 bridgehead atoms. The minimum absolute atomic E-state index is 0.314. The van der Waals surface area contributed by atoms with Gasteiger partial charge in [-0.15, -0.1) is 0 Å². The Kier molecular flexibility index (Phi) is 7.83. The number of benzene rings is 2. The molecule has 0 aromatic heterocycles. The maximum absolute atomic E-state index is 13.7. The largest absolute Gasteiger partial charge is 0.383 e. The number of methoxy groups -OCH3 is 2. The third kappa shape index (κ3) is 4.92.